The Morgan fingerprint density at radius 2 is 2.15 bits per heavy atom. The summed E-state index contributed by atoms with van der Waals surface area (Å²) in [5.41, 5.74) is 1.63. The van der Waals surface area contributed by atoms with Gasteiger partial charge in [-0.2, -0.15) is 0 Å². The van der Waals surface area contributed by atoms with E-state index in [0.717, 1.165) is 12.3 Å². The van der Waals surface area contributed by atoms with Crippen LogP contribution in [0.1, 0.15) is 38.5 Å². The largest absolute Gasteiger partial charge is 0.299 e. The minimum atomic E-state index is 0.432. The fourth-order valence-corrected chi connectivity index (χ4v) is 3.62. The number of allylic oxidation sites excluding steroid dienone is 2. The number of carbonyl (C=O) groups excluding carboxylic acids is 1. The van der Waals surface area contributed by atoms with Gasteiger partial charge in [-0.3, -0.25) is 4.79 Å². The maximum absolute atomic E-state index is 11.7. The van der Waals surface area contributed by atoms with Gasteiger partial charge in [0.25, 0.3) is 0 Å². The van der Waals surface area contributed by atoms with E-state index in [1.807, 2.05) is 0 Å². The average molecular weight is 176 g/mol. The molecular weight excluding hydrogens is 160 g/mol. The van der Waals surface area contributed by atoms with Gasteiger partial charge in [0.15, 0.2) is 0 Å². The van der Waals surface area contributed by atoms with Crippen LogP contribution in [0, 0.1) is 17.8 Å². The normalized spacial score (nSPS) is 42.9. The highest BCUT2D eigenvalue weighted by molar-refractivity contribution is 5.83. The number of hydrogen-bond donors (Lipinski definition) is 0. The molecule has 3 rings (SSSR count). The zero-order valence-electron chi connectivity index (χ0n) is 7.96. The first-order chi connectivity index (χ1) is 6.36. The predicted molar refractivity (Wildman–Crippen MR) is 51.3 cm³/mol. The van der Waals surface area contributed by atoms with Crippen LogP contribution in [0.15, 0.2) is 11.6 Å². The molecule has 2 saturated carbocycles. The Morgan fingerprint density at radius 1 is 1.23 bits per heavy atom. The van der Waals surface area contributed by atoms with Crippen molar-refractivity contribution in [3.05, 3.63) is 11.6 Å². The van der Waals surface area contributed by atoms with Crippen molar-refractivity contribution in [3.8, 4) is 0 Å². The third-order valence-corrected chi connectivity index (χ3v) is 4.21. The van der Waals surface area contributed by atoms with Crippen molar-refractivity contribution in [2.24, 2.45) is 17.8 Å². The number of ketones is 1. The molecule has 0 aromatic carbocycles. The first-order valence-electron chi connectivity index (χ1n) is 5.58. The molecule has 0 saturated heterocycles. The van der Waals surface area contributed by atoms with Crippen LogP contribution in [-0.2, 0) is 4.79 Å². The lowest BCUT2D eigenvalue weighted by Gasteiger charge is -2.38. The molecule has 70 valence electrons. The van der Waals surface area contributed by atoms with Crippen molar-refractivity contribution in [1.82, 2.24) is 0 Å². The zero-order chi connectivity index (χ0) is 8.84. The van der Waals surface area contributed by atoms with Crippen LogP contribution in [-0.4, -0.2) is 5.78 Å². The standard InChI is InChI=1S/C12H16O/c13-11-7-6-9-5-4-8-2-1-3-10(11)12(8)9/h4,9-10,12H,1-3,5-7H2/t9-,10?,12-/m1/s1. The lowest BCUT2D eigenvalue weighted by Crippen LogP contribution is -2.35. The smallest absolute Gasteiger partial charge is 0.136 e. The molecule has 2 fully saturated rings. The summed E-state index contributed by atoms with van der Waals surface area (Å²) in [7, 11) is 0. The van der Waals surface area contributed by atoms with E-state index in [1.54, 1.807) is 5.57 Å². The molecule has 3 atom stereocenters. The minimum absolute atomic E-state index is 0.432. The summed E-state index contributed by atoms with van der Waals surface area (Å²) in [4.78, 5) is 11.7. The van der Waals surface area contributed by atoms with Gasteiger partial charge in [0.1, 0.15) is 5.78 Å². The van der Waals surface area contributed by atoms with Crippen molar-refractivity contribution >= 4 is 5.78 Å². The monoisotopic (exact) mass is 176 g/mol. The van der Waals surface area contributed by atoms with Gasteiger partial charge in [-0.1, -0.05) is 11.6 Å². The van der Waals surface area contributed by atoms with Crippen molar-refractivity contribution in [1.29, 1.82) is 0 Å². The van der Waals surface area contributed by atoms with E-state index in [9.17, 15) is 4.79 Å². The van der Waals surface area contributed by atoms with Gasteiger partial charge in [0, 0.05) is 12.3 Å². The highest BCUT2D eigenvalue weighted by Crippen LogP contribution is 2.50. The molecule has 0 radical (unpaired) electrons. The van der Waals surface area contributed by atoms with Gasteiger partial charge in [-0.15, -0.1) is 0 Å². The molecule has 0 aliphatic heterocycles. The van der Waals surface area contributed by atoms with Crippen LogP contribution in [0.25, 0.3) is 0 Å². The second-order valence-corrected chi connectivity index (χ2v) is 4.80. The van der Waals surface area contributed by atoms with Crippen molar-refractivity contribution in [2.45, 2.75) is 38.5 Å². The molecule has 1 heteroatoms. The molecule has 3 aliphatic carbocycles. The molecule has 1 unspecified atom stereocenters. The maximum atomic E-state index is 11.7. The van der Waals surface area contributed by atoms with Crippen LogP contribution in [0.4, 0.5) is 0 Å². The maximum Gasteiger partial charge on any atom is 0.136 e. The molecular formula is C12H16O. The summed E-state index contributed by atoms with van der Waals surface area (Å²) < 4.78 is 0. The third-order valence-electron chi connectivity index (χ3n) is 4.21. The highest BCUT2D eigenvalue weighted by Gasteiger charge is 2.43. The highest BCUT2D eigenvalue weighted by atomic mass is 16.1. The van der Waals surface area contributed by atoms with Crippen molar-refractivity contribution in [3.63, 3.8) is 0 Å². The van der Waals surface area contributed by atoms with Gasteiger partial charge in [0.2, 0.25) is 0 Å². The first kappa shape index (κ1) is 7.78. The SMILES string of the molecule is O=C1CC[C@H]2CC=C3CCCC1[C@H]32. The number of carbonyl (C=O) groups is 1. The van der Waals surface area contributed by atoms with E-state index >= 15 is 0 Å². The Kier molecular flexibility index (Phi) is 1.61. The Hall–Kier alpha value is -0.590. The Labute approximate surface area is 79.2 Å². The topological polar surface area (TPSA) is 17.1 Å². The molecule has 0 aromatic heterocycles. The summed E-state index contributed by atoms with van der Waals surface area (Å²) in [5.74, 6) is 2.53. The Balaban J connectivity index is 1.95. The van der Waals surface area contributed by atoms with Crippen LogP contribution in [0.5, 0.6) is 0 Å². The molecule has 3 aliphatic rings. The summed E-state index contributed by atoms with van der Waals surface area (Å²) in [6.45, 7) is 0. The average Bonchev–Trinajstić information content (AvgIpc) is 2.57. The summed E-state index contributed by atoms with van der Waals surface area (Å²) in [6, 6.07) is 0. The van der Waals surface area contributed by atoms with E-state index < -0.39 is 0 Å². The molecule has 1 nitrogen and oxygen atoms in total. The van der Waals surface area contributed by atoms with Gasteiger partial charge in [-0.25, -0.2) is 0 Å². The summed E-state index contributed by atoms with van der Waals surface area (Å²) in [5, 5.41) is 0. The molecule has 0 bridgehead atoms. The van der Waals surface area contributed by atoms with E-state index in [2.05, 4.69) is 6.08 Å². The van der Waals surface area contributed by atoms with E-state index in [1.165, 1.54) is 32.1 Å². The molecule has 0 aromatic rings. The van der Waals surface area contributed by atoms with Gasteiger partial charge in [-0.05, 0) is 43.9 Å². The molecule has 0 heterocycles. The van der Waals surface area contributed by atoms with Crippen molar-refractivity contribution < 1.29 is 4.79 Å². The lowest BCUT2D eigenvalue weighted by molar-refractivity contribution is -0.128. The van der Waals surface area contributed by atoms with Gasteiger partial charge < -0.3 is 0 Å². The van der Waals surface area contributed by atoms with Crippen molar-refractivity contribution in [2.75, 3.05) is 0 Å². The zero-order valence-corrected chi connectivity index (χ0v) is 7.96. The molecule has 13 heavy (non-hydrogen) atoms. The Morgan fingerprint density at radius 3 is 3.08 bits per heavy atom. The number of rotatable bonds is 0. The quantitative estimate of drug-likeness (QED) is 0.519. The fourth-order valence-electron chi connectivity index (χ4n) is 3.62. The molecule has 0 spiro atoms. The van der Waals surface area contributed by atoms with E-state index in [0.29, 0.717) is 17.6 Å². The van der Waals surface area contributed by atoms with Gasteiger partial charge >= 0.3 is 0 Å². The summed E-state index contributed by atoms with van der Waals surface area (Å²) in [6.07, 6.45) is 9.45. The number of Topliss-reactive ketones (excluding diaryl/α,β-unsaturated/α-hetero) is 1. The van der Waals surface area contributed by atoms with Gasteiger partial charge in [0.05, 0.1) is 0 Å². The van der Waals surface area contributed by atoms with Crippen LogP contribution < -0.4 is 0 Å². The van der Waals surface area contributed by atoms with Crippen LogP contribution in [0.2, 0.25) is 0 Å². The molecule has 0 amide bonds. The summed E-state index contributed by atoms with van der Waals surface area (Å²) >= 11 is 0. The second kappa shape index (κ2) is 2.70. The fraction of sp³-hybridized carbons (Fsp3) is 0.750. The Bertz CT molecular complexity index is 277. The minimum Gasteiger partial charge on any atom is -0.299 e. The lowest BCUT2D eigenvalue weighted by atomic mass is 9.65. The second-order valence-electron chi connectivity index (χ2n) is 4.80. The number of hydrogen-bond acceptors (Lipinski definition) is 1. The predicted octanol–water partition coefficient (Wildman–Crippen LogP) is 2.71. The third kappa shape index (κ3) is 1.02. The van der Waals surface area contributed by atoms with Crippen LogP contribution in [0.3, 0.4) is 0 Å². The molecule has 0 N–H and O–H groups in total. The van der Waals surface area contributed by atoms with E-state index in [4.69, 9.17) is 0 Å². The van der Waals surface area contributed by atoms with E-state index in [-0.39, 0.29) is 0 Å². The first-order valence-corrected chi connectivity index (χ1v) is 5.58. The van der Waals surface area contributed by atoms with Crippen LogP contribution >= 0.6 is 0 Å².